The summed E-state index contributed by atoms with van der Waals surface area (Å²) in [7, 11) is 0. The van der Waals surface area contributed by atoms with Crippen LogP contribution in [0.5, 0.6) is 34.5 Å². The van der Waals surface area contributed by atoms with Gasteiger partial charge in [-0.3, -0.25) is 0 Å². The van der Waals surface area contributed by atoms with Crippen LogP contribution in [0.1, 0.15) is 219 Å². The third-order valence-corrected chi connectivity index (χ3v) is 15.4. The van der Waals surface area contributed by atoms with E-state index in [0.717, 1.165) is 106 Å². The molecule has 9 heteroatoms. The van der Waals surface area contributed by atoms with Crippen molar-refractivity contribution >= 4 is 0 Å². The molecule has 0 saturated carbocycles. The maximum Gasteiger partial charge on any atom is 0.127 e. The zero-order valence-corrected chi connectivity index (χ0v) is 46.5. The SMILES string of the molecule is CC(C)(O)[C@H]1C=C[C@](C)(O)CC1.CCCCCc1cc(O)c(C2C=C(C)CC[C@H]2C(C)(C)O)c(O)c1.CCCCCc1cc(O)c2c(c1)OC(C)(C)[C@@H]1CCC(C)=CC21.CCCCCc1cc(O)cc(O)c1. The molecule has 0 spiro atoms. The van der Waals surface area contributed by atoms with Crippen LogP contribution < -0.4 is 4.74 Å². The summed E-state index contributed by atoms with van der Waals surface area (Å²) in [5.74, 6) is 2.61. The molecule has 6 atom stereocenters. The summed E-state index contributed by atoms with van der Waals surface area (Å²) in [6, 6.07) is 12.5. The van der Waals surface area contributed by atoms with Crippen molar-refractivity contribution in [2.24, 2.45) is 17.8 Å². The number of aromatic hydroxyl groups is 5. The van der Waals surface area contributed by atoms with Gasteiger partial charge in [0.1, 0.15) is 40.1 Å². The molecule has 9 nitrogen and oxygen atoms in total. The molecule has 0 radical (unpaired) electrons. The van der Waals surface area contributed by atoms with E-state index in [0.29, 0.717) is 17.2 Å². The molecule has 402 valence electrons. The van der Waals surface area contributed by atoms with Crippen LogP contribution in [-0.2, 0) is 19.3 Å². The standard InChI is InChI=1S/C21H32O3.C21H30O2.C11H16O2.C10H18O2/c1-5-6-7-8-15-12-18(22)20(19(23)13-15)16-11-14(2)9-10-17(16)21(3,4)24;1-5-6-7-8-15-12-18(22)20-16-11-14(2)9-10-17(16)21(3,4)23-19(20)13-15;1-2-3-4-5-9-6-10(12)8-11(13)7-9;1-9(2,11)8-4-6-10(3,12)7-5-8/h11-13,16-17,22-24H,5-10H2,1-4H3;11-13,16-17,22H,5-10H2,1-4H3;6-8,12-13H,2-5H2,1H3;4,6,8,11-12H,5,7H2,1-3H3/t2*16?,17-;;8-,10-/m11.0/s1. The molecule has 7 rings (SSSR count). The highest BCUT2D eigenvalue weighted by Gasteiger charge is 2.45. The molecule has 3 aliphatic carbocycles. The molecule has 0 fully saturated rings. The number of ether oxygens (including phenoxy) is 1. The van der Waals surface area contributed by atoms with E-state index in [1.165, 1.54) is 54.9 Å². The number of unbranched alkanes of at least 4 members (excludes halogenated alkanes) is 6. The monoisotopic (exact) mass is 997 g/mol. The molecular formula is C63H96O9. The molecule has 3 aromatic rings. The van der Waals surface area contributed by atoms with Crippen molar-refractivity contribution < 1.29 is 45.6 Å². The van der Waals surface area contributed by atoms with Gasteiger partial charge < -0.3 is 45.6 Å². The summed E-state index contributed by atoms with van der Waals surface area (Å²) in [6.07, 6.45) is 27.1. The zero-order valence-electron chi connectivity index (χ0n) is 46.5. The third-order valence-electron chi connectivity index (χ3n) is 15.4. The van der Waals surface area contributed by atoms with Crippen molar-refractivity contribution in [1.29, 1.82) is 0 Å². The number of aliphatic hydroxyl groups is 3. The van der Waals surface area contributed by atoms with E-state index in [2.05, 4.69) is 66.7 Å². The third kappa shape index (κ3) is 17.9. The van der Waals surface area contributed by atoms with E-state index < -0.39 is 16.8 Å². The molecule has 1 heterocycles. The van der Waals surface area contributed by atoms with Crippen molar-refractivity contribution in [2.75, 3.05) is 0 Å². The Balaban J connectivity index is 0.000000218. The van der Waals surface area contributed by atoms with Gasteiger partial charge in [0.15, 0.2) is 0 Å². The number of allylic oxidation sites excluding steroid dienone is 4. The number of phenols is 5. The van der Waals surface area contributed by atoms with Gasteiger partial charge in [-0.05, 0) is 198 Å². The first kappa shape index (κ1) is 60.1. The summed E-state index contributed by atoms with van der Waals surface area (Å²) in [5, 5.41) is 80.0. The predicted octanol–water partition coefficient (Wildman–Crippen LogP) is 15.1. The average Bonchev–Trinajstić information content (AvgIpc) is 3.25. The Labute approximate surface area is 434 Å². The van der Waals surface area contributed by atoms with E-state index in [9.17, 15) is 40.9 Å². The number of phenolic OH excluding ortho intramolecular Hbond substituents is 5. The lowest BCUT2D eigenvalue weighted by Crippen LogP contribution is -2.45. The van der Waals surface area contributed by atoms with E-state index in [1.54, 1.807) is 37.3 Å². The van der Waals surface area contributed by atoms with E-state index in [4.69, 9.17) is 4.74 Å². The summed E-state index contributed by atoms with van der Waals surface area (Å²) >= 11 is 0. The molecule has 2 unspecified atom stereocenters. The van der Waals surface area contributed by atoms with E-state index in [-0.39, 0.29) is 52.3 Å². The van der Waals surface area contributed by atoms with Gasteiger partial charge >= 0.3 is 0 Å². The second kappa shape index (κ2) is 26.7. The molecule has 3 aromatic carbocycles. The molecule has 8 N–H and O–H groups in total. The minimum atomic E-state index is -0.861. The second-order valence-corrected chi connectivity index (χ2v) is 23.5. The summed E-state index contributed by atoms with van der Waals surface area (Å²) < 4.78 is 6.36. The van der Waals surface area contributed by atoms with Gasteiger partial charge in [0.25, 0.3) is 0 Å². The first-order chi connectivity index (χ1) is 33.7. The molecule has 72 heavy (non-hydrogen) atoms. The fourth-order valence-corrected chi connectivity index (χ4v) is 11.1. The Hall–Kier alpha value is -4.44. The van der Waals surface area contributed by atoms with Crippen LogP contribution in [0.15, 0.2) is 77.9 Å². The van der Waals surface area contributed by atoms with Gasteiger partial charge in [-0.1, -0.05) is 94.7 Å². The van der Waals surface area contributed by atoms with Crippen LogP contribution in [0.3, 0.4) is 0 Å². The van der Waals surface area contributed by atoms with Crippen LogP contribution in [0.25, 0.3) is 0 Å². The Kier molecular flexibility index (Phi) is 22.3. The fourth-order valence-electron chi connectivity index (χ4n) is 11.1. The van der Waals surface area contributed by atoms with Crippen LogP contribution >= 0.6 is 0 Å². The molecule has 0 amide bonds. The Morgan fingerprint density at radius 3 is 1.49 bits per heavy atom. The van der Waals surface area contributed by atoms with Gasteiger partial charge in [0.2, 0.25) is 0 Å². The Morgan fingerprint density at radius 2 is 1.03 bits per heavy atom. The topological polar surface area (TPSA) is 171 Å². The normalized spacial score (nSPS) is 23.2. The summed E-state index contributed by atoms with van der Waals surface area (Å²) in [5.41, 5.74) is 5.05. The van der Waals surface area contributed by atoms with Gasteiger partial charge in [0.05, 0.1) is 16.8 Å². The van der Waals surface area contributed by atoms with Crippen molar-refractivity contribution in [1.82, 2.24) is 0 Å². The largest absolute Gasteiger partial charge is 0.508 e. The maximum atomic E-state index is 10.7. The number of aryl methyl sites for hydroxylation is 3. The lowest BCUT2D eigenvalue weighted by atomic mass is 9.68. The highest BCUT2D eigenvalue weighted by atomic mass is 16.5. The van der Waals surface area contributed by atoms with Gasteiger partial charge in [-0.2, -0.15) is 0 Å². The summed E-state index contributed by atoms with van der Waals surface area (Å²) in [4.78, 5) is 0. The fraction of sp³-hybridized carbons (Fsp3) is 0.619. The molecular weight excluding hydrogens is 901 g/mol. The number of hydrogen-bond acceptors (Lipinski definition) is 9. The lowest BCUT2D eigenvalue weighted by molar-refractivity contribution is 0.00412. The minimum Gasteiger partial charge on any atom is -0.508 e. The van der Waals surface area contributed by atoms with Gasteiger partial charge in [0, 0.05) is 40.9 Å². The first-order valence-corrected chi connectivity index (χ1v) is 27.5. The molecule has 4 aliphatic rings. The van der Waals surface area contributed by atoms with Crippen molar-refractivity contribution in [3.8, 4) is 34.5 Å². The summed E-state index contributed by atoms with van der Waals surface area (Å²) in [6.45, 7) is 24.2. The maximum absolute atomic E-state index is 10.7. The Bertz CT molecular complexity index is 2230. The molecule has 1 aliphatic heterocycles. The number of rotatable bonds is 15. The quantitative estimate of drug-likeness (QED) is 0.0545. The first-order valence-electron chi connectivity index (χ1n) is 27.5. The number of fused-ring (bicyclic) bond motifs is 3. The van der Waals surface area contributed by atoms with Crippen LogP contribution in [0.2, 0.25) is 0 Å². The van der Waals surface area contributed by atoms with Gasteiger partial charge in [-0.25, -0.2) is 0 Å². The van der Waals surface area contributed by atoms with E-state index >= 15 is 0 Å². The van der Waals surface area contributed by atoms with Crippen molar-refractivity contribution in [3.05, 3.63) is 106 Å². The highest BCUT2D eigenvalue weighted by molar-refractivity contribution is 5.54. The average molecular weight is 997 g/mol. The Morgan fingerprint density at radius 1 is 0.569 bits per heavy atom. The van der Waals surface area contributed by atoms with E-state index in [1.807, 2.05) is 39.8 Å². The smallest absolute Gasteiger partial charge is 0.127 e. The number of benzene rings is 3. The molecule has 0 saturated heterocycles. The predicted molar refractivity (Wildman–Crippen MR) is 296 cm³/mol. The van der Waals surface area contributed by atoms with Gasteiger partial charge in [-0.15, -0.1) is 0 Å². The van der Waals surface area contributed by atoms with Crippen LogP contribution in [0, 0.1) is 17.8 Å². The second-order valence-electron chi connectivity index (χ2n) is 23.5. The molecule has 0 bridgehead atoms. The lowest BCUT2D eigenvalue weighted by Gasteiger charge is -2.46. The van der Waals surface area contributed by atoms with Crippen molar-refractivity contribution in [2.45, 2.75) is 233 Å². The van der Waals surface area contributed by atoms with Crippen LogP contribution in [-0.4, -0.2) is 63.3 Å². The molecule has 0 aromatic heterocycles. The highest BCUT2D eigenvalue weighted by Crippen LogP contribution is 2.54. The minimum absolute atomic E-state index is 0.0241. The van der Waals surface area contributed by atoms with Crippen LogP contribution in [0.4, 0.5) is 0 Å². The van der Waals surface area contributed by atoms with Crippen molar-refractivity contribution in [3.63, 3.8) is 0 Å². The zero-order chi connectivity index (χ0) is 53.6. The number of hydrogen-bond donors (Lipinski definition) is 8.